The Hall–Kier alpha value is -13.3. The van der Waals surface area contributed by atoms with E-state index in [9.17, 15) is 92.0 Å². The lowest BCUT2D eigenvalue weighted by molar-refractivity contribution is -0.142. The van der Waals surface area contributed by atoms with Crippen molar-refractivity contribution in [2.75, 3.05) is 59.0 Å². The largest absolute Gasteiger partial charge is 0.508 e. The SMILES string of the molecule is CC[C@H](C)[C@H](NC(=O)[C@H](CCCNC(=N)N)NC(=O)[C@@H](NC(=O)[C@H](CO)NC(=O)[C@H](CCCCN)NC(=O)[C@@H](N)CCCNC(=N)N)[C@@H](C)CC)C(=O)N[C@@H](CCC(N)=O)C(=O)N[C@@H](CCCNC(=N)N)C(=O)NCC(=O)N1CCC[C@H]1C(=O)NCC(=O)N[C@@H](CCCNC(=N)N)C(=O)N[C@@H](C)C(=O)N[C@@H](Cc1ccccc1)C(=O)N[C@@H](Cc1ccc(O)cc1)C(=O)O. The lowest BCUT2D eigenvalue weighted by Gasteiger charge is -2.30. The van der Waals surface area contributed by atoms with Gasteiger partial charge in [0.25, 0.3) is 0 Å². The summed E-state index contributed by atoms with van der Waals surface area (Å²) in [5.74, 6) is -18.1. The number of carbonyl (C=O) groups excluding carboxylic acids is 15. The predicted octanol–water partition coefficient (Wildman–Crippen LogP) is -8.30. The third kappa shape index (κ3) is 41.2. The van der Waals surface area contributed by atoms with E-state index < -0.39 is 235 Å². The molecule has 15 amide bonds. The molecule has 48 heteroatoms. The average molecular weight is 1810 g/mol. The van der Waals surface area contributed by atoms with Crippen LogP contribution in [-0.2, 0) is 89.6 Å². The molecule has 38 N–H and O–H groups in total. The molecule has 15 atom stereocenters. The summed E-state index contributed by atoms with van der Waals surface area (Å²) in [6, 6.07) is -4.55. The number of aliphatic carboxylic acids is 1. The maximum atomic E-state index is 14.7. The lowest BCUT2D eigenvalue weighted by Crippen LogP contribution is -2.62. The zero-order valence-electron chi connectivity index (χ0n) is 73.0. The van der Waals surface area contributed by atoms with Crippen LogP contribution in [-0.4, -0.2) is 276 Å². The van der Waals surface area contributed by atoms with Crippen LogP contribution in [0.4, 0.5) is 0 Å². The monoisotopic (exact) mass is 1800 g/mol. The second kappa shape index (κ2) is 58.1. The molecule has 1 aliphatic heterocycles. The first kappa shape index (κ1) is 109. The molecule has 0 unspecified atom stereocenters. The summed E-state index contributed by atoms with van der Waals surface area (Å²) in [6.07, 6.45) is 0.478. The second-order valence-electron chi connectivity index (χ2n) is 31.1. The van der Waals surface area contributed by atoms with Crippen LogP contribution in [0.15, 0.2) is 54.6 Å². The predicted molar refractivity (Wildman–Crippen MR) is 469 cm³/mol. The van der Waals surface area contributed by atoms with Crippen LogP contribution >= 0.6 is 0 Å². The Morgan fingerprint density at radius 3 is 1.33 bits per heavy atom. The normalized spacial score (nSPS) is 15.4. The maximum Gasteiger partial charge on any atom is 0.326 e. The van der Waals surface area contributed by atoms with Crippen molar-refractivity contribution in [1.29, 1.82) is 21.6 Å². The fourth-order valence-electron chi connectivity index (χ4n) is 13.2. The first-order valence-electron chi connectivity index (χ1n) is 42.5. The van der Waals surface area contributed by atoms with Crippen LogP contribution < -0.4 is 131 Å². The van der Waals surface area contributed by atoms with E-state index in [2.05, 4.69) is 90.4 Å². The smallest absolute Gasteiger partial charge is 0.326 e. The summed E-state index contributed by atoms with van der Waals surface area (Å²) in [7, 11) is 0. The summed E-state index contributed by atoms with van der Waals surface area (Å²) in [4.78, 5) is 223. The zero-order valence-corrected chi connectivity index (χ0v) is 73.0. The molecule has 0 saturated carbocycles. The van der Waals surface area contributed by atoms with Crippen molar-refractivity contribution in [1.82, 2.24) is 95.3 Å². The van der Waals surface area contributed by atoms with E-state index in [0.717, 1.165) is 4.90 Å². The van der Waals surface area contributed by atoms with E-state index in [1.807, 2.05) is 0 Å². The van der Waals surface area contributed by atoms with Crippen molar-refractivity contribution in [3.05, 3.63) is 65.7 Å². The summed E-state index contributed by atoms with van der Waals surface area (Å²) < 4.78 is 0. The van der Waals surface area contributed by atoms with E-state index in [0.29, 0.717) is 30.4 Å². The lowest BCUT2D eigenvalue weighted by atomic mass is 9.95. The number of nitrogens with one attached hydrogen (secondary N) is 21. The van der Waals surface area contributed by atoms with E-state index in [4.69, 9.17) is 61.8 Å². The minimum Gasteiger partial charge on any atom is -0.508 e. The van der Waals surface area contributed by atoms with Gasteiger partial charge in [-0.3, -0.25) is 93.6 Å². The van der Waals surface area contributed by atoms with Gasteiger partial charge in [-0.1, -0.05) is 83.0 Å². The number of rotatable bonds is 60. The van der Waals surface area contributed by atoms with Gasteiger partial charge >= 0.3 is 5.97 Å². The Bertz CT molecular complexity index is 4080. The van der Waals surface area contributed by atoms with Gasteiger partial charge < -0.3 is 151 Å². The van der Waals surface area contributed by atoms with Crippen molar-refractivity contribution in [3.8, 4) is 5.75 Å². The molecule has 1 aliphatic rings. The van der Waals surface area contributed by atoms with E-state index >= 15 is 0 Å². The Labute approximate surface area is 741 Å². The van der Waals surface area contributed by atoms with Crippen LogP contribution in [0, 0.1) is 33.5 Å². The molecule has 1 heterocycles. The van der Waals surface area contributed by atoms with Gasteiger partial charge in [-0.25, -0.2) is 4.79 Å². The van der Waals surface area contributed by atoms with Crippen LogP contribution in [0.3, 0.4) is 0 Å². The number of aliphatic hydroxyl groups is 1. The van der Waals surface area contributed by atoms with Crippen molar-refractivity contribution < 1.29 is 92.0 Å². The molecule has 3 rings (SSSR count). The number of carbonyl (C=O) groups is 16. The first-order chi connectivity index (χ1) is 60.6. The van der Waals surface area contributed by atoms with Crippen LogP contribution in [0.25, 0.3) is 0 Å². The molecule has 128 heavy (non-hydrogen) atoms. The molecular formula is C80H133N29O19. The number of carboxylic acids is 1. The van der Waals surface area contributed by atoms with Crippen LogP contribution in [0.1, 0.15) is 155 Å². The number of phenols is 1. The number of likely N-dealkylation sites (tertiary alicyclic amines) is 1. The number of phenolic OH excluding ortho intramolecular Hbond substituents is 1. The van der Waals surface area contributed by atoms with Crippen molar-refractivity contribution in [2.24, 2.45) is 52.0 Å². The summed E-state index contributed by atoms with van der Waals surface area (Å²) in [5, 5.41) is 104. The highest BCUT2D eigenvalue weighted by atomic mass is 16.4. The number of amides is 15. The van der Waals surface area contributed by atoms with Gasteiger partial charge in [0, 0.05) is 52.0 Å². The number of guanidine groups is 4. The van der Waals surface area contributed by atoms with Crippen LogP contribution in [0.2, 0.25) is 0 Å². The number of benzene rings is 2. The van der Waals surface area contributed by atoms with Crippen molar-refractivity contribution in [2.45, 2.75) is 235 Å². The zero-order chi connectivity index (χ0) is 95.7. The summed E-state index contributed by atoms with van der Waals surface area (Å²) in [6.45, 7) is 5.85. The minimum atomic E-state index is -1.70. The molecule has 0 aromatic heterocycles. The number of carboxylic acid groups (broad SMARTS) is 1. The van der Waals surface area contributed by atoms with Gasteiger partial charge in [-0.15, -0.1) is 0 Å². The summed E-state index contributed by atoms with van der Waals surface area (Å²) in [5.41, 5.74) is 40.2. The molecule has 0 radical (unpaired) electrons. The fourth-order valence-corrected chi connectivity index (χ4v) is 13.2. The van der Waals surface area contributed by atoms with Gasteiger partial charge in [0.15, 0.2) is 23.8 Å². The third-order valence-corrected chi connectivity index (χ3v) is 20.9. The fraction of sp³-hybridized carbons (Fsp3) is 0.600. The van der Waals surface area contributed by atoms with Gasteiger partial charge in [-0.2, -0.15) is 0 Å². The van der Waals surface area contributed by atoms with Gasteiger partial charge in [0.1, 0.15) is 78.3 Å². The number of primary amides is 1. The highest BCUT2D eigenvalue weighted by Gasteiger charge is 2.40. The molecular weight excluding hydrogens is 1670 g/mol. The molecule has 2 aromatic rings. The number of aliphatic hydroxyl groups excluding tert-OH is 1. The molecule has 0 spiro atoms. The topological polar surface area (TPSA) is 819 Å². The number of nitrogens with two attached hydrogens (primary N) is 7. The number of unbranched alkanes of at least 4 members (excludes halogenated alkanes) is 1. The molecule has 2 aromatic carbocycles. The standard InChI is InChI=1S/C80H133N29O19/c1-6-43(3)62(107-70(121)53(24-16-36-95-80(90)91)102-74(125)63(44(4)7-2)108-72(123)57(42-110)106-68(119)52(21-11-12-32-81)100-65(116)49(82)20-13-33-92-77(84)85)75(126)103-54(30-31-59(83)112)69(120)101-50(22-14-34-93-78(86)87)66(117)97-41-61(114)109-37-17-25-58(109)73(124)96-40-60(113)99-51(23-15-35-94-79(88)89)67(118)98-45(5)64(115)104-55(38-46-18-9-8-10-19-46)71(122)105-56(76(127)128)39-47-26-28-48(111)29-27-47/h8-10,18-19,26-29,43-45,49-58,62-63,110-111H,6-7,11-17,20-25,30-42,81-82H2,1-5H3,(H2,83,112)(H,96,124)(H,97,117)(H,98,118)(H,99,113)(H,100,116)(H,101,120)(H,102,125)(H,103,126)(H,104,115)(H,105,122)(H,106,119)(H,107,121)(H,108,123)(H,127,128)(H4,84,85,92)(H4,86,87,93)(H4,88,89,94)(H4,90,91,95)/t43-,44-,45-,49-,50-,51-,52-,53-,54-,55-,56-,57-,58-,62-,63-/m0/s1. The van der Waals surface area contributed by atoms with Crippen LogP contribution in [0.5, 0.6) is 5.75 Å². The van der Waals surface area contributed by atoms with Gasteiger partial charge in [0.2, 0.25) is 88.6 Å². The van der Waals surface area contributed by atoms with Gasteiger partial charge in [0.05, 0.1) is 25.7 Å². The number of hydrogen-bond donors (Lipinski definition) is 31. The highest BCUT2D eigenvalue weighted by molar-refractivity contribution is 6.00. The molecule has 0 bridgehead atoms. The van der Waals surface area contributed by atoms with Crippen molar-refractivity contribution in [3.63, 3.8) is 0 Å². The van der Waals surface area contributed by atoms with E-state index in [1.54, 1.807) is 58.0 Å². The minimum absolute atomic E-state index is 0.00199. The summed E-state index contributed by atoms with van der Waals surface area (Å²) >= 11 is 0. The Morgan fingerprint density at radius 1 is 0.438 bits per heavy atom. The van der Waals surface area contributed by atoms with Crippen molar-refractivity contribution >= 4 is 118 Å². The quantitative estimate of drug-likeness (QED) is 0.0166. The highest BCUT2D eigenvalue weighted by Crippen LogP contribution is 2.20. The molecule has 712 valence electrons. The maximum absolute atomic E-state index is 14.7. The average Bonchev–Trinajstić information content (AvgIpc) is 1.60. The second-order valence-corrected chi connectivity index (χ2v) is 31.1. The number of aromatic hydroxyl groups is 1. The number of hydrogen-bond acceptors (Lipinski definition) is 24. The molecule has 1 saturated heterocycles. The Morgan fingerprint density at radius 2 is 0.844 bits per heavy atom. The number of nitrogens with zero attached hydrogens (tertiary/aromatic N) is 1. The van der Waals surface area contributed by atoms with E-state index in [-0.39, 0.29) is 141 Å². The third-order valence-electron chi connectivity index (χ3n) is 20.9. The van der Waals surface area contributed by atoms with Gasteiger partial charge in [-0.05, 0) is 138 Å². The molecule has 48 nitrogen and oxygen atoms in total. The first-order valence-corrected chi connectivity index (χ1v) is 42.5. The molecule has 1 fully saturated rings. The Balaban J connectivity index is 1.83. The Kier molecular flexibility index (Phi) is 49.4. The molecule has 0 aliphatic carbocycles. The van der Waals surface area contributed by atoms with E-state index in [1.165, 1.54) is 31.2 Å².